The summed E-state index contributed by atoms with van der Waals surface area (Å²) < 4.78 is 5.66. The molecule has 4 bridgehead atoms. The lowest BCUT2D eigenvalue weighted by Gasteiger charge is -2.40. The largest absolute Gasteiger partial charge is 0.507 e. The van der Waals surface area contributed by atoms with E-state index in [2.05, 4.69) is 22.3 Å². The third-order valence-corrected chi connectivity index (χ3v) is 11.0. The first-order valence-corrected chi connectivity index (χ1v) is 17.2. The number of para-hydroxylation sites is 1. The Labute approximate surface area is 271 Å². The van der Waals surface area contributed by atoms with E-state index in [4.69, 9.17) is 4.74 Å². The molecular weight excluding hydrogens is 582 g/mol. The summed E-state index contributed by atoms with van der Waals surface area (Å²) >= 11 is 0. The van der Waals surface area contributed by atoms with Gasteiger partial charge in [-0.25, -0.2) is 4.79 Å². The highest BCUT2D eigenvalue weighted by Crippen LogP contribution is 2.39. The number of fused-ring (bicyclic) bond motifs is 6. The monoisotopic (exact) mass is 629 g/mol. The van der Waals surface area contributed by atoms with Gasteiger partial charge in [-0.3, -0.25) is 14.5 Å². The van der Waals surface area contributed by atoms with Crippen molar-refractivity contribution in [3.8, 4) is 5.75 Å². The van der Waals surface area contributed by atoms with Crippen LogP contribution in [0.4, 0.5) is 10.5 Å². The number of hydrogen-bond acceptors (Lipinski definition) is 6. The zero-order valence-corrected chi connectivity index (χ0v) is 27.0. The Bertz CT molecular complexity index is 1470. The first-order chi connectivity index (χ1) is 22.4. The fraction of sp³-hybridized carbons (Fsp3) is 0.583. The standard InChI is InChI=1S/C36H47N5O5/c1-24-19-25-20-27(35(44)39-12-4-13-40(29-10-17-46-18-11-29)32(23-39)30(21-25)34(24)43)22-33(42)38-14-8-28(9-15-38)41-16-7-26-5-2-3-6-31(26)37-36(41)45/h2-3,5-6,19,21,27-29,32,43H,4,7-18,20,22-23H2,1H3,(H,37,45)/t27-,32?/m0/s1. The first-order valence-electron chi connectivity index (χ1n) is 17.2. The van der Waals surface area contributed by atoms with E-state index in [1.165, 1.54) is 0 Å². The summed E-state index contributed by atoms with van der Waals surface area (Å²) in [7, 11) is 0. The predicted octanol–water partition coefficient (Wildman–Crippen LogP) is 4.10. The lowest BCUT2D eigenvalue weighted by atomic mass is 9.90. The van der Waals surface area contributed by atoms with E-state index < -0.39 is 5.92 Å². The maximum atomic E-state index is 14.2. The van der Waals surface area contributed by atoms with Crippen LogP contribution >= 0.6 is 0 Å². The number of urea groups is 1. The fourth-order valence-corrected chi connectivity index (χ4v) is 8.49. The van der Waals surface area contributed by atoms with Gasteiger partial charge in [0.25, 0.3) is 0 Å². The molecule has 46 heavy (non-hydrogen) atoms. The number of piperidine rings is 1. The van der Waals surface area contributed by atoms with Gasteiger partial charge in [0.15, 0.2) is 0 Å². The van der Waals surface area contributed by atoms with Crippen molar-refractivity contribution in [3.05, 3.63) is 58.7 Å². The summed E-state index contributed by atoms with van der Waals surface area (Å²) in [4.78, 5) is 49.4. The molecule has 10 heteroatoms. The van der Waals surface area contributed by atoms with Crippen molar-refractivity contribution >= 4 is 23.5 Å². The van der Waals surface area contributed by atoms with E-state index in [9.17, 15) is 19.5 Å². The van der Waals surface area contributed by atoms with Crippen LogP contribution in [-0.2, 0) is 27.2 Å². The van der Waals surface area contributed by atoms with E-state index >= 15 is 0 Å². The lowest BCUT2D eigenvalue weighted by Crippen LogP contribution is -2.50. The third-order valence-electron chi connectivity index (χ3n) is 11.0. The number of aryl methyl sites for hydroxylation is 1. The summed E-state index contributed by atoms with van der Waals surface area (Å²) in [6.45, 7) is 7.27. The van der Waals surface area contributed by atoms with Crippen molar-refractivity contribution in [3.63, 3.8) is 0 Å². The van der Waals surface area contributed by atoms with Crippen LogP contribution in [0.15, 0.2) is 36.4 Å². The number of aromatic hydroxyl groups is 1. The molecule has 0 aliphatic carbocycles. The number of phenols is 1. The molecular formula is C36H47N5O5. The van der Waals surface area contributed by atoms with Crippen LogP contribution in [0.3, 0.4) is 0 Å². The van der Waals surface area contributed by atoms with Gasteiger partial charge in [-0.05, 0) is 74.6 Å². The minimum absolute atomic E-state index is 0.00898. The van der Waals surface area contributed by atoms with Crippen molar-refractivity contribution < 1.29 is 24.2 Å². The molecule has 3 saturated heterocycles. The summed E-state index contributed by atoms with van der Waals surface area (Å²) in [5.41, 5.74) is 4.75. The molecule has 246 valence electrons. The normalized spacial score (nSPS) is 25.1. The molecule has 0 spiro atoms. The maximum Gasteiger partial charge on any atom is 0.322 e. The Morgan fingerprint density at radius 2 is 1.76 bits per heavy atom. The highest BCUT2D eigenvalue weighted by molar-refractivity contribution is 5.91. The molecule has 2 aromatic carbocycles. The van der Waals surface area contributed by atoms with Crippen molar-refractivity contribution in [2.24, 2.45) is 5.92 Å². The molecule has 5 heterocycles. The average Bonchev–Trinajstić information content (AvgIpc) is 3.38. The van der Waals surface area contributed by atoms with Gasteiger partial charge in [-0.2, -0.15) is 0 Å². The van der Waals surface area contributed by atoms with Gasteiger partial charge in [0.2, 0.25) is 11.8 Å². The number of amides is 4. The van der Waals surface area contributed by atoms with E-state index in [0.29, 0.717) is 50.9 Å². The van der Waals surface area contributed by atoms with Gasteiger partial charge in [-0.15, -0.1) is 0 Å². The molecule has 0 aromatic heterocycles. The third kappa shape index (κ3) is 6.21. The minimum Gasteiger partial charge on any atom is -0.507 e. The smallest absolute Gasteiger partial charge is 0.322 e. The predicted molar refractivity (Wildman–Crippen MR) is 175 cm³/mol. The second-order valence-electron chi connectivity index (χ2n) is 13.8. The number of nitrogens with one attached hydrogen (secondary N) is 1. The number of likely N-dealkylation sites (tertiary alicyclic amines) is 1. The molecule has 0 radical (unpaired) electrons. The highest BCUT2D eigenvalue weighted by atomic mass is 16.5. The SMILES string of the molecule is Cc1cc2cc(c1O)C1CN(CCCN1C1CCOCC1)C(=O)[C@H](CC(=O)N1CCC(N3CCc4ccccc4NC3=O)CC1)C2. The number of benzene rings is 2. The number of phenolic OH excluding ortho intramolecular Hbond substituents is 1. The number of hydrogen-bond donors (Lipinski definition) is 2. The molecule has 2 N–H and O–H groups in total. The Kier molecular flexibility index (Phi) is 8.92. The van der Waals surface area contributed by atoms with Crippen LogP contribution in [0.5, 0.6) is 5.75 Å². The van der Waals surface area contributed by atoms with Crippen molar-refractivity contribution in [2.75, 3.05) is 57.8 Å². The summed E-state index contributed by atoms with van der Waals surface area (Å²) in [5, 5.41) is 14.4. The zero-order valence-electron chi connectivity index (χ0n) is 27.0. The van der Waals surface area contributed by atoms with E-state index in [0.717, 1.165) is 86.2 Å². The Balaban J connectivity index is 1.04. The second kappa shape index (κ2) is 13.2. The summed E-state index contributed by atoms with van der Waals surface area (Å²) in [6, 6.07) is 12.3. The molecule has 2 atom stereocenters. The Morgan fingerprint density at radius 3 is 2.57 bits per heavy atom. The van der Waals surface area contributed by atoms with Crippen molar-refractivity contribution in [2.45, 2.75) is 76.4 Å². The molecule has 3 fully saturated rings. The molecule has 2 aromatic rings. The number of rotatable bonds is 4. The van der Waals surface area contributed by atoms with E-state index in [1.807, 2.05) is 45.9 Å². The quantitative estimate of drug-likeness (QED) is 0.528. The molecule has 7 rings (SSSR count). The van der Waals surface area contributed by atoms with E-state index in [1.54, 1.807) is 0 Å². The van der Waals surface area contributed by atoms with Crippen LogP contribution in [0.25, 0.3) is 0 Å². The van der Waals surface area contributed by atoms with Crippen LogP contribution in [-0.4, -0.2) is 107 Å². The number of carbonyl (C=O) groups is 3. The first kappa shape index (κ1) is 31.0. The second-order valence-corrected chi connectivity index (χ2v) is 13.8. The van der Waals surface area contributed by atoms with Crippen molar-refractivity contribution in [1.82, 2.24) is 19.6 Å². The molecule has 5 aliphatic rings. The van der Waals surface area contributed by atoms with Gasteiger partial charge < -0.3 is 29.9 Å². The number of anilines is 1. The maximum absolute atomic E-state index is 14.2. The van der Waals surface area contributed by atoms with Crippen LogP contribution in [0, 0.1) is 12.8 Å². The fourth-order valence-electron chi connectivity index (χ4n) is 8.49. The van der Waals surface area contributed by atoms with Crippen LogP contribution < -0.4 is 5.32 Å². The van der Waals surface area contributed by atoms with Gasteiger partial charge in [0, 0.05) is 82.2 Å². The van der Waals surface area contributed by atoms with Crippen molar-refractivity contribution in [1.29, 1.82) is 0 Å². The number of nitrogens with zero attached hydrogens (tertiary/aromatic N) is 4. The number of ether oxygens (including phenoxy) is 1. The molecule has 4 amide bonds. The topological polar surface area (TPSA) is 106 Å². The number of carbonyl (C=O) groups excluding carboxylic acids is 3. The Morgan fingerprint density at radius 1 is 0.978 bits per heavy atom. The molecule has 0 saturated carbocycles. The summed E-state index contributed by atoms with van der Waals surface area (Å²) in [6.07, 6.45) is 5.67. The molecule has 10 nitrogen and oxygen atoms in total. The van der Waals surface area contributed by atoms with Gasteiger partial charge >= 0.3 is 6.03 Å². The zero-order chi connectivity index (χ0) is 31.8. The lowest BCUT2D eigenvalue weighted by molar-refractivity contribution is -0.142. The highest BCUT2D eigenvalue weighted by Gasteiger charge is 2.39. The van der Waals surface area contributed by atoms with Crippen LogP contribution in [0.2, 0.25) is 0 Å². The van der Waals surface area contributed by atoms with E-state index in [-0.39, 0.29) is 36.3 Å². The van der Waals surface area contributed by atoms with Crippen LogP contribution in [0.1, 0.15) is 66.8 Å². The molecule has 5 aliphatic heterocycles. The van der Waals surface area contributed by atoms with Gasteiger partial charge in [-0.1, -0.05) is 30.3 Å². The average molecular weight is 630 g/mol. The van der Waals surface area contributed by atoms with Gasteiger partial charge in [0.1, 0.15) is 5.75 Å². The minimum atomic E-state index is -0.453. The summed E-state index contributed by atoms with van der Waals surface area (Å²) in [5.74, 6) is -0.0816. The molecule has 1 unspecified atom stereocenters. The Hall–Kier alpha value is -3.63. The van der Waals surface area contributed by atoms with Gasteiger partial charge in [0.05, 0.1) is 12.0 Å².